The van der Waals surface area contributed by atoms with Gasteiger partial charge in [0.05, 0.1) is 11.8 Å². The molecule has 0 aromatic carbocycles. The predicted molar refractivity (Wildman–Crippen MR) is 34.9 cm³/mol. The Hall–Kier alpha value is -1.49. The summed E-state index contributed by atoms with van der Waals surface area (Å²) in [5.74, 6) is -1.65. The summed E-state index contributed by atoms with van der Waals surface area (Å²) in [5.41, 5.74) is 5.24. The van der Waals surface area contributed by atoms with Crippen LogP contribution >= 0.6 is 0 Å². The van der Waals surface area contributed by atoms with Crippen LogP contribution in [0.15, 0.2) is 16.7 Å². The molecule has 0 aliphatic rings. The zero-order valence-corrected chi connectivity index (χ0v) is 5.52. The van der Waals surface area contributed by atoms with Crippen LogP contribution in [0.2, 0.25) is 0 Å². The Morgan fingerprint density at radius 2 is 2.36 bits per heavy atom. The lowest BCUT2D eigenvalue weighted by Crippen LogP contribution is -2.19. The number of furan rings is 1. The highest BCUT2D eigenvalue weighted by Crippen LogP contribution is 2.23. The third-order valence-electron chi connectivity index (χ3n) is 1.28. The maximum Gasteiger partial charge on any atom is 0.325 e. The number of hydrogen-bond donors (Lipinski definition) is 3. The first kappa shape index (κ1) is 7.62. The normalized spacial score (nSPS) is 12.8. The molecule has 60 valence electrons. The van der Waals surface area contributed by atoms with Gasteiger partial charge in [0.1, 0.15) is 6.04 Å². The van der Waals surface area contributed by atoms with Gasteiger partial charge in [-0.05, 0) is 6.07 Å². The van der Waals surface area contributed by atoms with Crippen LogP contribution in [-0.4, -0.2) is 16.2 Å². The van der Waals surface area contributed by atoms with E-state index in [1.807, 2.05) is 0 Å². The van der Waals surface area contributed by atoms with Crippen molar-refractivity contribution >= 4 is 5.97 Å². The first-order chi connectivity index (χ1) is 5.13. The zero-order chi connectivity index (χ0) is 8.43. The second-order valence-corrected chi connectivity index (χ2v) is 2.00. The van der Waals surface area contributed by atoms with Gasteiger partial charge in [0.15, 0.2) is 0 Å². The Bertz CT molecular complexity index is 267. The topological polar surface area (TPSA) is 96.7 Å². The standard InChI is InChI=1S/C6H7NO4/c7-4(5(8)9)3-1-2-11-6(3)10/h1-2,4,10H,7H2,(H,8,9). The third kappa shape index (κ3) is 1.32. The second kappa shape index (κ2) is 2.63. The molecule has 0 aliphatic carbocycles. The highest BCUT2D eigenvalue weighted by Gasteiger charge is 2.19. The number of aliphatic carboxylic acids is 1. The van der Waals surface area contributed by atoms with Crippen molar-refractivity contribution in [3.63, 3.8) is 0 Å². The molecule has 1 heterocycles. The van der Waals surface area contributed by atoms with Crippen LogP contribution in [-0.2, 0) is 4.79 Å². The van der Waals surface area contributed by atoms with E-state index in [9.17, 15) is 4.79 Å². The van der Waals surface area contributed by atoms with Gasteiger partial charge < -0.3 is 20.4 Å². The van der Waals surface area contributed by atoms with Crippen LogP contribution in [0.25, 0.3) is 0 Å². The molecular weight excluding hydrogens is 150 g/mol. The molecule has 1 unspecified atom stereocenters. The van der Waals surface area contributed by atoms with Gasteiger partial charge in [0, 0.05) is 0 Å². The molecule has 0 amide bonds. The monoisotopic (exact) mass is 157 g/mol. The van der Waals surface area contributed by atoms with E-state index < -0.39 is 18.0 Å². The third-order valence-corrected chi connectivity index (χ3v) is 1.28. The molecule has 4 N–H and O–H groups in total. The van der Waals surface area contributed by atoms with Gasteiger partial charge in [-0.15, -0.1) is 0 Å². The van der Waals surface area contributed by atoms with Gasteiger partial charge >= 0.3 is 5.97 Å². The highest BCUT2D eigenvalue weighted by molar-refractivity contribution is 5.75. The van der Waals surface area contributed by atoms with Gasteiger partial charge in [0.25, 0.3) is 5.95 Å². The molecule has 1 aromatic heterocycles. The summed E-state index contributed by atoms with van der Waals surface area (Å²) >= 11 is 0. The first-order valence-corrected chi connectivity index (χ1v) is 2.87. The smallest absolute Gasteiger partial charge is 0.325 e. The first-order valence-electron chi connectivity index (χ1n) is 2.87. The molecule has 0 spiro atoms. The Labute approximate surface area is 62.0 Å². The van der Waals surface area contributed by atoms with Crippen LogP contribution in [0, 0.1) is 0 Å². The van der Waals surface area contributed by atoms with Crippen molar-refractivity contribution in [2.45, 2.75) is 6.04 Å². The molecule has 0 aliphatic heterocycles. The van der Waals surface area contributed by atoms with E-state index in [1.54, 1.807) is 0 Å². The molecule has 0 saturated heterocycles. The van der Waals surface area contributed by atoms with E-state index in [0.29, 0.717) is 0 Å². The average Bonchev–Trinajstić information content (AvgIpc) is 2.33. The lowest BCUT2D eigenvalue weighted by atomic mass is 10.1. The Morgan fingerprint density at radius 3 is 2.73 bits per heavy atom. The summed E-state index contributed by atoms with van der Waals surface area (Å²) in [6.07, 6.45) is 1.17. The van der Waals surface area contributed by atoms with Gasteiger partial charge in [0.2, 0.25) is 0 Å². The maximum absolute atomic E-state index is 10.3. The fourth-order valence-corrected chi connectivity index (χ4v) is 0.681. The lowest BCUT2D eigenvalue weighted by molar-refractivity contribution is -0.138. The minimum absolute atomic E-state index is 0.0810. The summed E-state index contributed by atoms with van der Waals surface area (Å²) in [6, 6.07) is 0.0856. The largest absolute Gasteiger partial charge is 0.480 e. The molecule has 1 rings (SSSR count). The molecule has 5 heteroatoms. The van der Waals surface area contributed by atoms with Gasteiger partial charge in [-0.1, -0.05) is 0 Å². The predicted octanol–water partition coefficient (Wildman–Crippen LogP) is 0.0696. The van der Waals surface area contributed by atoms with Crippen molar-refractivity contribution in [1.82, 2.24) is 0 Å². The van der Waals surface area contributed by atoms with Crippen LogP contribution < -0.4 is 5.73 Å². The molecule has 1 atom stereocenters. The average molecular weight is 157 g/mol. The Balaban J connectivity index is 2.92. The van der Waals surface area contributed by atoms with Crippen LogP contribution in [0.3, 0.4) is 0 Å². The Kier molecular flexibility index (Phi) is 1.82. The molecule has 0 saturated carbocycles. The number of aromatic hydroxyl groups is 1. The fourth-order valence-electron chi connectivity index (χ4n) is 0.681. The van der Waals surface area contributed by atoms with Crippen molar-refractivity contribution in [3.05, 3.63) is 17.9 Å². The maximum atomic E-state index is 10.3. The lowest BCUT2D eigenvalue weighted by Gasteiger charge is -2.01. The minimum Gasteiger partial charge on any atom is -0.480 e. The molecule has 11 heavy (non-hydrogen) atoms. The van der Waals surface area contributed by atoms with Crippen molar-refractivity contribution in [2.75, 3.05) is 0 Å². The van der Waals surface area contributed by atoms with Crippen LogP contribution in [0.4, 0.5) is 0 Å². The molecular formula is C6H7NO4. The summed E-state index contributed by atoms with van der Waals surface area (Å²) in [7, 11) is 0. The molecule has 0 fully saturated rings. The summed E-state index contributed by atoms with van der Waals surface area (Å²) < 4.78 is 4.45. The summed E-state index contributed by atoms with van der Waals surface area (Å²) in [4.78, 5) is 10.3. The molecule has 1 aromatic rings. The number of nitrogens with two attached hydrogens (primary N) is 1. The molecule has 5 nitrogen and oxygen atoms in total. The van der Waals surface area contributed by atoms with E-state index >= 15 is 0 Å². The van der Waals surface area contributed by atoms with Gasteiger partial charge in [-0.2, -0.15) is 0 Å². The van der Waals surface area contributed by atoms with Crippen molar-refractivity contribution in [3.8, 4) is 5.95 Å². The quantitative estimate of drug-likeness (QED) is 0.564. The minimum atomic E-state index is -1.23. The number of carboxylic acid groups (broad SMARTS) is 1. The van der Waals surface area contributed by atoms with Gasteiger partial charge in [-0.25, -0.2) is 0 Å². The highest BCUT2D eigenvalue weighted by atomic mass is 16.5. The van der Waals surface area contributed by atoms with E-state index in [0.717, 1.165) is 0 Å². The fraction of sp³-hybridized carbons (Fsp3) is 0.167. The van der Waals surface area contributed by atoms with E-state index in [1.165, 1.54) is 12.3 Å². The van der Waals surface area contributed by atoms with E-state index in [2.05, 4.69) is 4.42 Å². The number of carbonyl (C=O) groups is 1. The van der Waals surface area contributed by atoms with Crippen LogP contribution in [0.1, 0.15) is 11.6 Å². The van der Waals surface area contributed by atoms with Crippen molar-refractivity contribution in [2.24, 2.45) is 5.73 Å². The molecule has 0 radical (unpaired) electrons. The summed E-state index contributed by atoms with van der Waals surface area (Å²) in [5, 5.41) is 17.3. The second-order valence-electron chi connectivity index (χ2n) is 2.00. The number of hydrogen-bond acceptors (Lipinski definition) is 4. The molecule has 0 bridgehead atoms. The van der Waals surface area contributed by atoms with E-state index in [4.69, 9.17) is 15.9 Å². The van der Waals surface area contributed by atoms with Crippen LogP contribution in [0.5, 0.6) is 5.95 Å². The SMILES string of the molecule is NC(C(=O)O)c1ccoc1O. The number of carboxylic acids is 1. The van der Waals surface area contributed by atoms with Gasteiger partial charge in [-0.3, -0.25) is 4.79 Å². The van der Waals surface area contributed by atoms with E-state index in [-0.39, 0.29) is 5.56 Å². The zero-order valence-electron chi connectivity index (χ0n) is 5.52. The summed E-state index contributed by atoms with van der Waals surface area (Å²) in [6.45, 7) is 0. The number of rotatable bonds is 2. The van der Waals surface area contributed by atoms with Crippen molar-refractivity contribution < 1.29 is 19.4 Å². The van der Waals surface area contributed by atoms with Crippen molar-refractivity contribution in [1.29, 1.82) is 0 Å². The Morgan fingerprint density at radius 1 is 1.73 bits per heavy atom.